The van der Waals surface area contributed by atoms with Gasteiger partial charge in [-0.1, -0.05) is 18.6 Å². The van der Waals surface area contributed by atoms with Crippen LogP contribution in [0.15, 0.2) is 18.2 Å². The molecular weight excluding hydrogens is 198 g/mol. The molecule has 3 unspecified atom stereocenters. The number of ether oxygens (including phenoxy) is 1. The first kappa shape index (κ1) is 10.2. The van der Waals surface area contributed by atoms with E-state index in [0.717, 1.165) is 5.69 Å². The zero-order chi connectivity index (χ0) is 11.1. The second-order valence-electron chi connectivity index (χ2n) is 5.13. The minimum absolute atomic E-state index is 0.273. The summed E-state index contributed by atoms with van der Waals surface area (Å²) in [6.07, 6.45) is 5.47. The van der Waals surface area contributed by atoms with Crippen molar-refractivity contribution in [3.8, 4) is 0 Å². The molecule has 2 bridgehead atoms. The highest BCUT2D eigenvalue weighted by molar-refractivity contribution is 5.55. The van der Waals surface area contributed by atoms with E-state index in [2.05, 4.69) is 12.1 Å². The van der Waals surface area contributed by atoms with Gasteiger partial charge in [-0.25, -0.2) is 0 Å². The maximum absolute atomic E-state index is 6.14. The maximum atomic E-state index is 6.14. The highest BCUT2D eigenvalue weighted by atomic mass is 16.5. The fourth-order valence-electron chi connectivity index (χ4n) is 3.66. The Morgan fingerprint density at radius 1 is 1.31 bits per heavy atom. The van der Waals surface area contributed by atoms with Gasteiger partial charge < -0.3 is 10.5 Å². The highest BCUT2D eigenvalue weighted by Gasteiger charge is 2.38. The third-order valence-corrected chi connectivity index (χ3v) is 4.29. The van der Waals surface area contributed by atoms with E-state index in [1.54, 1.807) is 0 Å². The number of anilines is 1. The molecule has 0 aliphatic heterocycles. The van der Waals surface area contributed by atoms with Gasteiger partial charge in [0, 0.05) is 12.8 Å². The van der Waals surface area contributed by atoms with Gasteiger partial charge in [0.15, 0.2) is 0 Å². The lowest BCUT2D eigenvalue weighted by molar-refractivity contribution is 0.0209. The third-order valence-electron chi connectivity index (χ3n) is 4.29. The Balaban J connectivity index is 2.14. The monoisotopic (exact) mass is 217 g/mol. The molecule has 0 heterocycles. The van der Waals surface area contributed by atoms with Gasteiger partial charge in [0.05, 0.1) is 6.10 Å². The average Bonchev–Trinajstić information content (AvgIpc) is 2.30. The summed E-state index contributed by atoms with van der Waals surface area (Å²) < 4.78 is 5.70. The standard InChI is InChI=1S/C14H19NO/c1-16-14-10-5-2-4-9(8-10)13-11(14)6-3-7-12(13)15/h3,6-7,9-10,14H,2,4-5,8,15H2,1H3. The maximum Gasteiger partial charge on any atom is 0.0853 e. The molecule has 2 aliphatic carbocycles. The fourth-order valence-corrected chi connectivity index (χ4v) is 3.66. The van der Waals surface area contributed by atoms with Crippen LogP contribution in [0.3, 0.4) is 0 Å². The van der Waals surface area contributed by atoms with E-state index in [4.69, 9.17) is 10.5 Å². The van der Waals surface area contributed by atoms with E-state index in [1.165, 1.54) is 36.8 Å². The Hall–Kier alpha value is -1.02. The van der Waals surface area contributed by atoms with Crippen molar-refractivity contribution in [2.45, 2.75) is 37.7 Å². The van der Waals surface area contributed by atoms with Crippen molar-refractivity contribution in [1.29, 1.82) is 0 Å². The van der Waals surface area contributed by atoms with Crippen LogP contribution in [-0.2, 0) is 4.74 Å². The molecule has 1 aromatic rings. The summed E-state index contributed by atoms with van der Waals surface area (Å²) >= 11 is 0. The Morgan fingerprint density at radius 3 is 3.00 bits per heavy atom. The number of hydrogen-bond acceptors (Lipinski definition) is 2. The number of hydrogen-bond donors (Lipinski definition) is 1. The van der Waals surface area contributed by atoms with Crippen LogP contribution in [0.25, 0.3) is 0 Å². The first-order chi connectivity index (χ1) is 7.81. The van der Waals surface area contributed by atoms with E-state index in [9.17, 15) is 0 Å². The van der Waals surface area contributed by atoms with E-state index in [1.807, 2.05) is 13.2 Å². The molecule has 3 rings (SSSR count). The van der Waals surface area contributed by atoms with E-state index < -0.39 is 0 Å². The lowest BCUT2D eigenvalue weighted by Gasteiger charge is -2.41. The van der Waals surface area contributed by atoms with Crippen molar-refractivity contribution in [2.24, 2.45) is 5.92 Å². The van der Waals surface area contributed by atoms with Crippen molar-refractivity contribution in [2.75, 3.05) is 12.8 Å². The lowest BCUT2D eigenvalue weighted by atomic mass is 9.67. The third kappa shape index (κ3) is 1.36. The Kier molecular flexibility index (Phi) is 2.40. The van der Waals surface area contributed by atoms with Crippen molar-refractivity contribution < 1.29 is 4.74 Å². The van der Waals surface area contributed by atoms with Gasteiger partial charge in [-0.3, -0.25) is 0 Å². The smallest absolute Gasteiger partial charge is 0.0853 e. The number of rotatable bonds is 1. The van der Waals surface area contributed by atoms with Crippen molar-refractivity contribution in [1.82, 2.24) is 0 Å². The van der Waals surface area contributed by atoms with Crippen LogP contribution in [0.5, 0.6) is 0 Å². The van der Waals surface area contributed by atoms with E-state index >= 15 is 0 Å². The fraction of sp³-hybridized carbons (Fsp3) is 0.571. The van der Waals surface area contributed by atoms with Gasteiger partial charge in [-0.2, -0.15) is 0 Å². The average molecular weight is 217 g/mol. The quantitative estimate of drug-likeness (QED) is 0.733. The van der Waals surface area contributed by atoms with Crippen LogP contribution in [0, 0.1) is 5.92 Å². The van der Waals surface area contributed by atoms with Crippen LogP contribution in [0.1, 0.15) is 48.8 Å². The molecule has 0 saturated heterocycles. The molecule has 2 aliphatic rings. The zero-order valence-corrected chi connectivity index (χ0v) is 9.78. The SMILES string of the molecule is COC1c2cccc(N)c2C2CCCC1C2. The minimum atomic E-state index is 0.273. The van der Waals surface area contributed by atoms with Gasteiger partial charge in [0.1, 0.15) is 0 Å². The zero-order valence-electron chi connectivity index (χ0n) is 9.78. The molecular formula is C14H19NO. The summed E-state index contributed by atoms with van der Waals surface area (Å²) in [5.41, 5.74) is 9.83. The van der Waals surface area contributed by atoms with Gasteiger partial charge in [0.2, 0.25) is 0 Å². The first-order valence-corrected chi connectivity index (χ1v) is 6.22. The van der Waals surface area contributed by atoms with E-state index in [-0.39, 0.29) is 6.10 Å². The van der Waals surface area contributed by atoms with Crippen molar-refractivity contribution >= 4 is 5.69 Å². The van der Waals surface area contributed by atoms with Crippen LogP contribution < -0.4 is 5.73 Å². The Bertz CT molecular complexity index is 402. The number of benzene rings is 1. The second kappa shape index (κ2) is 3.77. The molecule has 2 heteroatoms. The molecule has 1 aromatic carbocycles. The lowest BCUT2D eigenvalue weighted by Crippen LogP contribution is -2.29. The second-order valence-corrected chi connectivity index (χ2v) is 5.13. The van der Waals surface area contributed by atoms with E-state index in [0.29, 0.717) is 11.8 Å². The van der Waals surface area contributed by atoms with Crippen LogP contribution >= 0.6 is 0 Å². The normalized spacial score (nSPS) is 32.2. The summed E-state index contributed by atoms with van der Waals surface area (Å²) in [4.78, 5) is 0. The molecule has 86 valence electrons. The number of nitrogens with two attached hydrogens (primary N) is 1. The highest BCUT2D eigenvalue weighted by Crippen LogP contribution is 2.51. The van der Waals surface area contributed by atoms with Crippen LogP contribution in [0.2, 0.25) is 0 Å². The summed E-state index contributed by atoms with van der Waals surface area (Å²) in [6.45, 7) is 0. The Morgan fingerprint density at radius 2 is 2.19 bits per heavy atom. The molecule has 3 atom stereocenters. The van der Waals surface area contributed by atoms with Gasteiger partial charge in [0.25, 0.3) is 0 Å². The Labute approximate surface area is 96.8 Å². The predicted octanol–water partition coefficient (Wildman–Crippen LogP) is 3.24. The summed E-state index contributed by atoms with van der Waals surface area (Å²) in [5, 5.41) is 0. The molecule has 1 saturated carbocycles. The largest absolute Gasteiger partial charge is 0.398 e. The molecule has 16 heavy (non-hydrogen) atoms. The van der Waals surface area contributed by atoms with Crippen molar-refractivity contribution in [3.05, 3.63) is 29.3 Å². The topological polar surface area (TPSA) is 35.2 Å². The van der Waals surface area contributed by atoms with Crippen LogP contribution in [-0.4, -0.2) is 7.11 Å². The first-order valence-electron chi connectivity index (χ1n) is 6.22. The molecule has 1 fully saturated rings. The van der Waals surface area contributed by atoms with Gasteiger partial charge in [-0.15, -0.1) is 0 Å². The molecule has 2 N–H and O–H groups in total. The number of fused-ring (bicyclic) bond motifs is 4. The molecule has 2 nitrogen and oxygen atoms in total. The molecule has 0 aromatic heterocycles. The van der Waals surface area contributed by atoms with Gasteiger partial charge in [-0.05, 0) is 48.3 Å². The molecule has 0 radical (unpaired) electrons. The van der Waals surface area contributed by atoms with Crippen LogP contribution in [0.4, 0.5) is 5.69 Å². The number of nitrogen functional groups attached to an aromatic ring is 1. The summed E-state index contributed by atoms with van der Waals surface area (Å²) in [5.74, 6) is 1.39. The molecule has 0 spiro atoms. The van der Waals surface area contributed by atoms with Gasteiger partial charge >= 0.3 is 0 Å². The predicted molar refractivity (Wildman–Crippen MR) is 65.3 cm³/mol. The van der Waals surface area contributed by atoms with Crippen molar-refractivity contribution in [3.63, 3.8) is 0 Å². The summed E-state index contributed by atoms with van der Waals surface area (Å²) in [7, 11) is 1.83. The minimum Gasteiger partial charge on any atom is -0.398 e. The molecule has 0 amide bonds. The number of methoxy groups -OCH3 is 1. The summed E-state index contributed by atoms with van der Waals surface area (Å²) in [6, 6.07) is 6.28.